The molecule has 0 radical (unpaired) electrons. The number of carbonyl (C=O) groups excluding carboxylic acids is 1. The summed E-state index contributed by atoms with van der Waals surface area (Å²) < 4.78 is 5.36. The lowest BCUT2D eigenvalue weighted by molar-refractivity contribution is 0.101. The van der Waals surface area contributed by atoms with Crippen molar-refractivity contribution in [2.75, 3.05) is 6.61 Å². The number of ether oxygens (including phenoxy) is 1. The van der Waals surface area contributed by atoms with Crippen molar-refractivity contribution in [1.82, 2.24) is 0 Å². The maximum Gasteiger partial charge on any atom is 0.161 e. The molecule has 1 aromatic rings. The molecule has 1 aromatic carbocycles. The molecule has 0 saturated heterocycles. The first-order valence-electron chi connectivity index (χ1n) is 4.50. The summed E-state index contributed by atoms with van der Waals surface area (Å²) in [5.41, 5.74) is 1.37. The van der Waals surface area contributed by atoms with E-state index in [0.29, 0.717) is 17.2 Å². The number of hydrogen-bond donors (Lipinski definition) is 0. The van der Waals surface area contributed by atoms with Gasteiger partial charge in [-0.05, 0) is 32.9 Å². The summed E-state index contributed by atoms with van der Waals surface area (Å²) in [6, 6.07) is 3.48. The van der Waals surface area contributed by atoms with Crippen LogP contribution in [0.15, 0.2) is 12.1 Å². The van der Waals surface area contributed by atoms with Crippen LogP contribution in [0, 0.1) is 6.92 Å². The van der Waals surface area contributed by atoms with Gasteiger partial charge in [-0.1, -0.05) is 11.6 Å². The van der Waals surface area contributed by atoms with Crippen LogP contribution in [-0.2, 0) is 0 Å². The highest BCUT2D eigenvalue weighted by molar-refractivity contribution is 6.34. The maximum absolute atomic E-state index is 11.2. The van der Waals surface area contributed by atoms with E-state index in [0.717, 1.165) is 11.3 Å². The minimum absolute atomic E-state index is 0.0267. The molecule has 0 N–H and O–H groups in total. The summed E-state index contributed by atoms with van der Waals surface area (Å²) in [6.07, 6.45) is 0. The highest BCUT2D eigenvalue weighted by Gasteiger charge is 2.11. The van der Waals surface area contributed by atoms with Crippen molar-refractivity contribution < 1.29 is 9.53 Å². The fourth-order valence-corrected chi connectivity index (χ4v) is 1.54. The van der Waals surface area contributed by atoms with E-state index in [2.05, 4.69) is 0 Å². The van der Waals surface area contributed by atoms with E-state index in [1.54, 1.807) is 12.1 Å². The largest absolute Gasteiger partial charge is 0.494 e. The third-order valence-corrected chi connectivity index (χ3v) is 2.50. The van der Waals surface area contributed by atoms with Crippen LogP contribution in [0.5, 0.6) is 5.75 Å². The van der Waals surface area contributed by atoms with Crippen molar-refractivity contribution in [3.8, 4) is 5.75 Å². The van der Waals surface area contributed by atoms with Gasteiger partial charge in [-0.3, -0.25) is 4.79 Å². The second-order valence-electron chi connectivity index (χ2n) is 3.04. The van der Waals surface area contributed by atoms with Gasteiger partial charge in [0.15, 0.2) is 5.78 Å². The van der Waals surface area contributed by atoms with E-state index in [1.165, 1.54) is 6.92 Å². The Balaban J connectivity index is 3.19. The van der Waals surface area contributed by atoms with Gasteiger partial charge < -0.3 is 4.74 Å². The van der Waals surface area contributed by atoms with E-state index in [9.17, 15) is 4.79 Å². The van der Waals surface area contributed by atoms with Gasteiger partial charge in [0, 0.05) is 11.1 Å². The fourth-order valence-electron chi connectivity index (χ4n) is 1.25. The van der Waals surface area contributed by atoms with E-state index in [1.807, 2.05) is 13.8 Å². The smallest absolute Gasteiger partial charge is 0.161 e. The Labute approximate surface area is 88.8 Å². The molecular formula is C11H13ClO2. The first-order valence-corrected chi connectivity index (χ1v) is 4.88. The summed E-state index contributed by atoms with van der Waals surface area (Å²) in [5, 5.41) is 0.489. The predicted molar refractivity (Wildman–Crippen MR) is 57.4 cm³/mol. The maximum atomic E-state index is 11.2. The average molecular weight is 213 g/mol. The molecular weight excluding hydrogens is 200 g/mol. The zero-order valence-electron chi connectivity index (χ0n) is 8.56. The number of Topliss-reactive ketones (excluding diaryl/α,β-unsaturated/α-hetero) is 1. The van der Waals surface area contributed by atoms with E-state index in [-0.39, 0.29) is 5.78 Å². The second kappa shape index (κ2) is 4.47. The van der Waals surface area contributed by atoms with Gasteiger partial charge in [-0.2, -0.15) is 0 Å². The van der Waals surface area contributed by atoms with Crippen LogP contribution in [0.3, 0.4) is 0 Å². The van der Waals surface area contributed by atoms with Gasteiger partial charge >= 0.3 is 0 Å². The molecule has 0 atom stereocenters. The van der Waals surface area contributed by atoms with E-state index in [4.69, 9.17) is 16.3 Å². The molecule has 3 heteroatoms. The minimum atomic E-state index is -0.0267. The molecule has 2 nitrogen and oxygen atoms in total. The predicted octanol–water partition coefficient (Wildman–Crippen LogP) is 3.25. The van der Waals surface area contributed by atoms with Crippen LogP contribution in [0.4, 0.5) is 0 Å². The Morgan fingerprint density at radius 3 is 2.64 bits per heavy atom. The zero-order chi connectivity index (χ0) is 10.7. The Bertz CT molecular complexity index is 359. The van der Waals surface area contributed by atoms with Crippen molar-refractivity contribution in [2.24, 2.45) is 0 Å². The molecule has 0 amide bonds. The van der Waals surface area contributed by atoms with Crippen molar-refractivity contribution in [3.63, 3.8) is 0 Å². The fraction of sp³-hybridized carbons (Fsp3) is 0.364. The number of ketones is 1. The molecule has 0 aromatic heterocycles. The number of hydrogen-bond acceptors (Lipinski definition) is 2. The van der Waals surface area contributed by atoms with Gasteiger partial charge in [0.25, 0.3) is 0 Å². The normalized spacial score (nSPS) is 10.0. The van der Waals surface area contributed by atoms with Crippen molar-refractivity contribution in [3.05, 3.63) is 28.3 Å². The molecule has 1 rings (SSSR count). The van der Waals surface area contributed by atoms with E-state index < -0.39 is 0 Å². The number of benzene rings is 1. The van der Waals surface area contributed by atoms with Crippen LogP contribution in [0.25, 0.3) is 0 Å². The van der Waals surface area contributed by atoms with Crippen molar-refractivity contribution in [1.29, 1.82) is 0 Å². The Morgan fingerprint density at radius 2 is 2.14 bits per heavy atom. The first-order chi connectivity index (χ1) is 6.57. The highest BCUT2D eigenvalue weighted by atomic mass is 35.5. The monoisotopic (exact) mass is 212 g/mol. The topological polar surface area (TPSA) is 26.3 Å². The van der Waals surface area contributed by atoms with Crippen LogP contribution in [0.2, 0.25) is 5.02 Å². The van der Waals surface area contributed by atoms with Crippen LogP contribution >= 0.6 is 11.6 Å². The lowest BCUT2D eigenvalue weighted by Crippen LogP contribution is -1.99. The van der Waals surface area contributed by atoms with Gasteiger partial charge in [0.2, 0.25) is 0 Å². The van der Waals surface area contributed by atoms with Crippen LogP contribution < -0.4 is 4.74 Å². The minimum Gasteiger partial charge on any atom is -0.494 e. The van der Waals surface area contributed by atoms with Gasteiger partial charge in [-0.15, -0.1) is 0 Å². The Morgan fingerprint density at radius 1 is 1.50 bits per heavy atom. The third-order valence-electron chi connectivity index (χ3n) is 2.02. The van der Waals surface area contributed by atoms with Crippen LogP contribution in [0.1, 0.15) is 29.8 Å². The van der Waals surface area contributed by atoms with Gasteiger partial charge in [-0.25, -0.2) is 0 Å². The lowest BCUT2D eigenvalue weighted by atomic mass is 10.1. The molecule has 0 spiro atoms. The molecule has 0 bridgehead atoms. The van der Waals surface area contributed by atoms with Gasteiger partial charge in [0.05, 0.1) is 11.6 Å². The van der Waals surface area contributed by atoms with E-state index >= 15 is 0 Å². The zero-order valence-corrected chi connectivity index (χ0v) is 9.31. The quantitative estimate of drug-likeness (QED) is 0.719. The second-order valence-corrected chi connectivity index (χ2v) is 3.42. The summed E-state index contributed by atoms with van der Waals surface area (Å²) in [7, 11) is 0. The molecule has 0 aliphatic carbocycles. The standard InChI is InChI=1S/C11H13ClO2/c1-4-14-10-6-5-9(8(3)13)11(12)7(10)2/h5-6H,4H2,1-3H3. The number of rotatable bonds is 3. The molecule has 76 valence electrons. The SMILES string of the molecule is CCOc1ccc(C(C)=O)c(Cl)c1C. The molecule has 0 heterocycles. The number of carbonyl (C=O) groups is 1. The Kier molecular flexibility index (Phi) is 3.53. The van der Waals surface area contributed by atoms with Crippen molar-refractivity contribution in [2.45, 2.75) is 20.8 Å². The molecule has 0 aliphatic rings. The molecule has 0 unspecified atom stereocenters. The van der Waals surface area contributed by atoms with Crippen LogP contribution in [-0.4, -0.2) is 12.4 Å². The molecule has 0 saturated carbocycles. The first kappa shape index (κ1) is 11.1. The van der Waals surface area contributed by atoms with Gasteiger partial charge in [0.1, 0.15) is 5.75 Å². The third kappa shape index (κ3) is 2.07. The number of halogens is 1. The molecule has 14 heavy (non-hydrogen) atoms. The summed E-state index contributed by atoms with van der Waals surface area (Å²) in [6.45, 7) is 5.85. The Hall–Kier alpha value is -1.02. The molecule has 0 fully saturated rings. The summed E-state index contributed by atoms with van der Waals surface area (Å²) in [5.74, 6) is 0.712. The summed E-state index contributed by atoms with van der Waals surface area (Å²) >= 11 is 6.03. The molecule has 0 aliphatic heterocycles. The average Bonchev–Trinajstić information content (AvgIpc) is 2.13. The summed E-state index contributed by atoms with van der Waals surface area (Å²) in [4.78, 5) is 11.2. The highest BCUT2D eigenvalue weighted by Crippen LogP contribution is 2.29. The van der Waals surface area contributed by atoms with Crippen molar-refractivity contribution >= 4 is 17.4 Å². The lowest BCUT2D eigenvalue weighted by Gasteiger charge is -2.10.